The van der Waals surface area contributed by atoms with Gasteiger partial charge in [0.25, 0.3) is 0 Å². The van der Waals surface area contributed by atoms with E-state index in [4.69, 9.17) is 17.3 Å². The van der Waals surface area contributed by atoms with Gasteiger partial charge in [0.2, 0.25) is 0 Å². The molecule has 1 unspecified atom stereocenters. The van der Waals surface area contributed by atoms with E-state index in [1.165, 1.54) is 0 Å². The lowest BCUT2D eigenvalue weighted by Crippen LogP contribution is -2.10. The predicted octanol–water partition coefficient (Wildman–Crippen LogP) is 2.32. The molecule has 0 saturated heterocycles. The molecule has 13 heavy (non-hydrogen) atoms. The first-order chi connectivity index (χ1) is 6.25. The first-order valence-electron chi connectivity index (χ1n) is 4.19. The van der Waals surface area contributed by atoms with Crippen molar-refractivity contribution >= 4 is 17.9 Å². The van der Waals surface area contributed by atoms with Crippen LogP contribution >= 0.6 is 11.6 Å². The molecule has 0 amide bonds. The Morgan fingerprint density at radius 3 is 2.77 bits per heavy atom. The zero-order valence-corrected chi connectivity index (χ0v) is 8.00. The monoisotopic (exact) mass is 197 g/mol. The van der Waals surface area contributed by atoms with Crippen LogP contribution in [0.5, 0.6) is 0 Å². The van der Waals surface area contributed by atoms with Gasteiger partial charge in [-0.25, -0.2) is 0 Å². The summed E-state index contributed by atoms with van der Waals surface area (Å²) in [4.78, 5) is 10.1. The zero-order chi connectivity index (χ0) is 9.68. The molecule has 0 aliphatic rings. The lowest BCUT2D eigenvalue weighted by Gasteiger charge is -2.11. The van der Waals surface area contributed by atoms with Gasteiger partial charge in [0.05, 0.1) is 0 Å². The molecule has 0 bridgehead atoms. The molecule has 0 spiro atoms. The molecular weight excluding hydrogens is 186 g/mol. The number of halogens is 1. The summed E-state index contributed by atoms with van der Waals surface area (Å²) in [6, 6.07) is 7.30. The van der Waals surface area contributed by atoms with Crippen molar-refractivity contribution < 1.29 is 4.79 Å². The van der Waals surface area contributed by atoms with Crippen molar-refractivity contribution in [3.05, 3.63) is 34.9 Å². The molecule has 1 aromatic carbocycles. The molecule has 1 rings (SSSR count). The van der Waals surface area contributed by atoms with E-state index in [1.54, 1.807) is 6.07 Å². The predicted molar refractivity (Wildman–Crippen MR) is 53.7 cm³/mol. The van der Waals surface area contributed by atoms with Gasteiger partial charge in [0, 0.05) is 17.5 Å². The number of hydrogen-bond donors (Lipinski definition) is 1. The Kier molecular flexibility index (Phi) is 3.93. The third-order valence-corrected chi connectivity index (χ3v) is 2.24. The molecule has 0 fully saturated rings. The van der Waals surface area contributed by atoms with Crippen LogP contribution in [0.25, 0.3) is 0 Å². The summed E-state index contributed by atoms with van der Waals surface area (Å²) >= 11 is 5.93. The number of aldehydes is 1. The molecule has 0 radical (unpaired) electrons. The van der Waals surface area contributed by atoms with E-state index in [0.29, 0.717) is 17.9 Å². The second kappa shape index (κ2) is 5.00. The quantitative estimate of drug-likeness (QED) is 0.753. The Bertz CT molecular complexity index is 288. The van der Waals surface area contributed by atoms with Crippen LogP contribution in [0.2, 0.25) is 5.02 Å². The average Bonchev–Trinajstić information content (AvgIpc) is 2.15. The van der Waals surface area contributed by atoms with E-state index in [1.807, 2.05) is 18.2 Å². The molecule has 0 aliphatic heterocycles. The van der Waals surface area contributed by atoms with Gasteiger partial charge in [-0.3, -0.25) is 0 Å². The smallest absolute Gasteiger partial charge is 0.120 e. The van der Waals surface area contributed by atoms with Crippen LogP contribution in [0, 0.1) is 0 Å². The molecule has 2 nitrogen and oxygen atoms in total. The minimum Gasteiger partial charge on any atom is -0.324 e. The first-order valence-corrected chi connectivity index (χ1v) is 4.57. The fraction of sp³-hybridized carbons (Fsp3) is 0.300. The molecule has 2 N–H and O–H groups in total. The molecule has 3 heteroatoms. The fourth-order valence-electron chi connectivity index (χ4n) is 1.18. The largest absolute Gasteiger partial charge is 0.324 e. The SMILES string of the molecule is NC(CCC=O)c1ccccc1Cl. The van der Waals surface area contributed by atoms with Crippen LogP contribution in [0.15, 0.2) is 24.3 Å². The second-order valence-electron chi connectivity index (χ2n) is 2.87. The van der Waals surface area contributed by atoms with Crippen molar-refractivity contribution in [1.82, 2.24) is 0 Å². The Balaban J connectivity index is 2.70. The van der Waals surface area contributed by atoms with Crippen molar-refractivity contribution in [2.24, 2.45) is 5.73 Å². The zero-order valence-electron chi connectivity index (χ0n) is 7.24. The second-order valence-corrected chi connectivity index (χ2v) is 3.28. The van der Waals surface area contributed by atoms with E-state index < -0.39 is 0 Å². The summed E-state index contributed by atoms with van der Waals surface area (Å²) in [5, 5.41) is 0.667. The Morgan fingerprint density at radius 2 is 2.15 bits per heavy atom. The highest BCUT2D eigenvalue weighted by molar-refractivity contribution is 6.31. The highest BCUT2D eigenvalue weighted by Gasteiger charge is 2.08. The maximum atomic E-state index is 10.1. The molecule has 0 aliphatic carbocycles. The van der Waals surface area contributed by atoms with E-state index >= 15 is 0 Å². The lowest BCUT2D eigenvalue weighted by atomic mass is 10.0. The van der Waals surface area contributed by atoms with Crippen molar-refractivity contribution in [3.63, 3.8) is 0 Å². The van der Waals surface area contributed by atoms with Crippen LogP contribution in [-0.2, 0) is 4.79 Å². The first kappa shape index (κ1) is 10.2. The molecule has 70 valence electrons. The van der Waals surface area contributed by atoms with Crippen LogP contribution in [0.1, 0.15) is 24.4 Å². The van der Waals surface area contributed by atoms with Crippen LogP contribution in [0.4, 0.5) is 0 Å². The molecule has 1 aromatic rings. The number of nitrogens with two attached hydrogens (primary N) is 1. The number of benzene rings is 1. The van der Waals surface area contributed by atoms with Gasteiger partial charge in [-0.15, -0.1) is 0 Å². The van der Waals surface area contributed by atoms with Crippen LogP contribution in [0.3, 0.4) is 0 Å². The molecule has 1 atom stereocenters. The normalized spacial score (nSPS) is 12.5. The highest BCUT2D eigenvalue weighted by Crippen LogP contribution is 2.23. The Morgan fingerprint density at radius 1 is 1.46 bits per heavy atom. The summed E-state index contributed by atoms with van der Waals surface area (Å²) < 4.78 is 0. The van der Waals surface area contributed by atoms with E-state index in [-0.39, 0.29) is 6.04 Å². The number of rotatable bonds is 4. The van der Waals surface area contributed by atoms with Gasteiger partial charge < -0.3 is 10.5 Å². The lowest BCUT2D eigenvalue weighted by molar-refractivity contribution is -0.108. The third kappa shape index (κ3) is 2.83. The van der Waals surface area contributed by atoms with Crippen molar-refractivity contribution in [1.29, 1.82) is 0 Å². The fourth-order valence-corrected chi connectivity index (χ4v) is 1.45. The Hall–Kier alpha value is -0.860. The summed E-state index contributed by atoms with van der Waals surface area (Å²) in [6.07, 6.45) is 2.00. The van der Waals surface area contributed by atoms with Gasteiger partial charge in [-0.2, -0.15) is 0 Å². The summed E-state index contributed by atoms with van der Waals surface area (Å²) in [5.74, 6) is 0. The average molecular weight is 198 g/mol. The molecule has 0 saturated carbocycles. The topological polar surface area (TPSA) is 43.1 Å². The summed E-state index contributed by atoms with van der Waals surface area (Å²) in [5.41, 5.74) is 6.75. The number of carbonyl (C=O) groups excluding carboxylic acids is 1. The maximum Gasteiger partial charge on any atom is 0.120 e. The molecular formula is C10H12ClNO. The van der Waals surface area contributed by atoms with Gasteiger partial charge in [0.1, 0.15) is 6.29 Å². The van der Waals surface area contributed by atoms with Gasteiger partial charge in [0.15, 0.2) is 0 Å². The molecule has 0 aromatic heterocycles. The summed E-state index contributed by atoms with van der Waals surface area (Å²) in [7, 11) is 0. The van der Waals surface area contributed by atoms with E-state index in [9.17, 15) is 4.79 Å². The number of carbonyl (C=O) groups is 1. The highest BCUT2D eigenvalue weighted by atomic mass is 35.5. The van der Waals surface area contributed by atoms with Gasteiger partial charge in [-0.1, -0.05) is 29.8 Å². The van der Waals surface area contributed by atoms with Crippen molar-refractivity contribution in [3.8, 4) is 0 Å². The minimum atomic E-state index is -0.140. The number of hydrogen-bond acceptors (Lipinski definition) is 2. The minimum absolute atomic E-state index is 0.140. The van der Waals surface area contributed by atoms with Crippen molar-refractivity contribution in [2.45, 2.75) is 18.9 Å². The van der Waals surface area contributed by atoms with Gasteiger partial charge in [-0.05, 0) is 18.1 Å². The Labute approximate surface area is 82.7 Å². The summed E-state index contributed by atoms with van der Waals surface area (Å²) in [6.45, 7) is 0. The maximum absolute atomic E-state index is 10.1. The van der Waals surface area contributed by atoms with E-state index in [2.05, 4.69) is 0 Å². The van der Waals surface area contributed by atoms with Crippen LogP contribution in [-0.4, -0.2) is 6.29 Å². The van der Waals surface area contributed by atoms with Crippen LogP contribution < -0.4 is 5.73 Å². The van der Waals surface area contributed by atoms with Gasteiger partial charge >= 0.3 is 0 Å². The third-order valence-electron chi connectivity index (χ3n) is 1.90. The standard InChI is InChI=1S/C10H12ClNO/c11-9-5-2-1-4-8(9)10(12)6-3-7-13/h1-2,4-5,7,10H,3,6,12H2. The van der Waals surface area contributed by atoms with E-state index in [0.717, 1.165) is 11.8 Å². The van der Waals surface area contributed by atoms with Crippen molar-refractivity contribution in [2.75, 3.05) is 0 Å². The molecule has 0 heterocycles.